The van der Waals surface area contributed by atoms with Gasteiger partial charge in [-0.25, -0.2) is 18.5 Å². The molecule has 0 fully saturated rings. The summed E-state index contributed by atoms with van der Waals surface area (Å²) in [6.45, 7) is 0. The number of primary sulfonamides is 1. The molecule has 0 aliphatic rings. The van der Waals surface area contributed by atoms with E-state index >= 15 is 0 Å². The highest BCUT2D eigenvalue weighted by Crippen LogP contribution is 2.28. The van der Waals surface area contributed by atoms with Gasteiger partial charge >= 0.3 is 0 Å². The van der Waals surface area contributed by atoms with Crippen molar-refractivity contribution in [2.75, 3.05) is 0 Å². The molecule has 0 aliphatic heterocycles. The normalized spacial score (nSPS) is 11.6. The van der Waals surface area contributed by atoms with E-state index in [2.05, 4.69) is 30.4 Å². The SMILES string of the molecule is N#Cc1cc(-c2nnc(C=Cc3nnc(-c4ccc(S(N)(=O)=O)cn4)n3-c3ccccc3Cl)o2)ccn1. The molecular weight excluding hydrogens is 518 g/mol. The van der Waals surface area contributed by atoms with E-state index in [4.69, 9.17) is 26.4 Å². The number of sulfonamides is 1. The van der Waals surface area contributed by atoms with Crippen LogP contribution >= 0.6 is 11.6 Å². The smallest absolute Gasteiger partial charge is 0.248 e. The third-order valence-electron chi connectivity index (χ3n) is 5.01. The van der Waals surface area contributed by atoms with Crippen molar-refractivity contribution in [3.05, 3.63) is 83.4 Å². The predicted octanol–water partition coefficient (Wildman–Crippen LogP) is 3.12. The van der Waals surface area contributed by atoms with Gasteiger partial charge in [-0.2, -0.15) is 5.26 Å². The van der Waals surface area contributed by atoms with E-state index < -0.39 is 10.0 Å². The molecule has 0 saturated carbocycles. The Balaban J connectivity index is 1.54. The molecule has 4 heterocycles. The number of rotatable bonds is 6. The van der Waals surface area contributed by atoms with Crippen molar-refractivity contribution in [3.63, 3.8) is 0 Å². The second-order valence-corrected chi connectivity index (χ2v) is 9.38. The van der Waals surface area contributed by atoms with Gasteiger partial charge in [0.2, 0.25) is 21.8 Å². The average Bonchev–Trinajstić information content (AvgIpc) is 3.55. The zero-order valence-corrected chi connectivity index (χ0v) is 20.2. The number of halogens is 1. The first-order valence-corrected chi connectivity index (χ1v) is 12.3. The van der Waals surface area contributed by atoms with Crippen molar-refractivity contribution in [1.29, 1.82) is 5.26 Å². The first kappa shape index (κ1) is 23.9. The largest absolute Gasteiger partial charge is 0.417 e. The lowest BCUT2D eigenvalue weighted by atomic mass is 10.2. The Kier molecular flexibility index (Phi) is 6.28. The Morgan fingerprint density at radius 2 is 1.86 bits per heavy atom. The molecule has 0 saturated heterocycles. The van der Waals surface area contributed by atoms with Crippen LogP contribution in [0.15, 0.2) is 70.2 Å². The Bertz CT molecular complexity index is 1790. The zero-order valence-electron chi connectivity index (χ0n) is 18.6. The lowest BCUT2D eigenvalue weighted by Gasteiger charge is -2.10. The monoisotopic (exact) mass is 531 g/mol. The number of hydrogen-bond donors (Lipinski definition) is 1. The Hall–Kier alpha value is -4.77. The molecule has 0 bridgehead atoms. The van der Waals surface area contributed by atoms with Gasteiger partial charge in [-0.15, -0.1) is 20.4 Å². The van der Waals surface area contributed by atoms with Crippen LogP contribution in [0, 0.1) is 11.3 Å². The van der Waals surface area contributed by atoms with Crippen molar-refractivity contribution in [3.8, 4) is 34.7 Å². The van der Waals surface area contributed by atoms with Gasteiger partial charge in [-0.3, -0.25) is 9.55 Å². The molecule has 1 aromatic carbocycles. The Morgan fingerprint density at radius 1 is 1.03 bits per heavy atom. The van der Waals surface area contributed by atoms with Gasteiger partial charge in [0.05, 0.1) is 10.7 Å². The number of aromatic nitrogens is 7. The minimum Gasteiger partial charge on any atom is -0.417 e. The van der Waals surface area contributed by atoms with Crippen molar-refractivity contribution in [2.24, 2.45) is 5.14 Å². The summed E-state index contributed by atoms with van der Waals surface area (Å²) in [6.07, 6.45) is 5.76. The van der Waals surface area contributed by atoms with Gasteiger partial charge in [0.25, 0.3) is 0 Å². The summed E-state index contributed by atoms with van der Waals surface area (Å²) in [4.78, 5) is 7.98. The number of nitrogens with two attached hydrogens (primary N) is 1. The Labute approximate surface area is 214 Å². The number of pyridine rings is 2. The highest BCUT2D eigenvalue weighted by molar-refractivity contribution is 7.89. The summed E-state index contributed by atoms with van der Waals surface area (Å²) in [7, 11) is -3.91. The van der Waals surface area contributed by atoms with Crippen LogP contribution in [0.4, 0.5) is 0 Å². The predicted molar refractivity (Wildman–Crippen MR) is 132 cm³/mol. The molecule has 2 N–H and O–H groups in total. The molecule has 0 radical (unpaired) electrons. The van der Waals surface area contributed by atoms with Crippen LogP contribution < -0.4 is 5.14 Å². The van der Waals surface area contributed by atoms with Crippen LogP contribution in [-0.2, 0) is 10.0 Å². The van der Waals surface area contributed by atoms with E-state index in [-0.39, 0.29) is 22.4 Å². The van der Waals surface area contributed by atoms with Gasteiger partial charge in [-0.1, -0.05) is 23.7 Å². The molecule has 12 nitrogen and oxygen atoms in total. The van der Waals surface area contributed by atoms with E-state index in [1.165, 1.54) is 24.4 Å². The lowest BCUT2D eigenvalue weighted by molar-refractivity contribution is 0.557. The fourth-order valence-corrected chi connectivity index (χ4v) is 3.99. The van der Waals surface area contributed by atoms with Gasteiger partial charge in [0.15, 0.2) is 11.6 Å². The molecule has 0 atom stereocenters. The fraction of sp³-hybridized carbons (Fsp3) is 0. The minimum absolute atomic E-state index is 0.136. The van der Waals surface area contributed by atoms with E-state index in [9.17, 15) is 8.42 Å². The maximum atomic E-state index is 11.6. The van der Waals surface area contributed by atoms with E-state index in [1.807, 2.05) is 6.07 Å². The van der Waals surface area contributed by atoms with Crippen LogP contribution in [0.1, 0.15) is 17.4 Å². The fourth-order valence-electron chi connectivity index (χ4n) is 3.31. The molecule has 0 spiro atoms. The zero-order chi connectivity index (χ0) is 26.0. The third kappa shape index (κ3) is 4.98. The minimum atomic E-state index is -3.91. The number of nitrogens with zero attached hydrogens (tertiary/aromatic N) is 8. The van der Waals surface area contributed by atoms with Crippen LogP contribution in [-0.4, -0.2) is 43.3 Å². The summed E-state index contributed by atoms with van der Waals surface area (Å²) in [5.41, 5.74) is 1.67. The second kappa shape index (κ2) is 9.70. The van der Waals surface area contributed by atoms with Gasteiger partial charge in [0.1, 0.15) is 22.4 Å². The molecule has 37 heavy (non-hydrogen) atoms. The van der Waals surface area contributed by atoms with E-state index in [0.29, 0.717) is 33.6 Å². The van der Waals surface area contributed by atoms with Gasteiger partial charge in [0, 0.05) is 24.0 Å². The quantitative estimate of drug-likeness (QED) is 0.342. The maximum Gasteiger partial charge on any atom is 0.248 e. The first-order valence-electron chi connectivity index (χ1n) is 10.4. The van der Waals surface area contributed by atoms with Crippen LogP contribution in [0.2, 0.25) is 5.02 Å². The summed E-state index contributed by atoms with van der Waals surface area (Å²) < 4.78 is 30.5. The molecular formula is C23H14ClN9O3S. The number of benzene rings is 1. The molecule has 0 aliphatic carbocycles. The number of nitriles is 1. The standard InChI is InChI=1S/C23H14ClN9O3S/c24-17-3-1-2-4-19(17)33-20(29-31-22(33)18-6-5-16(13-28-18)37(26,34)35)7-8-21-30-32-23(36-21)14-9-10-27-15(11-14)12-25/h1-11,13H,(H2,26,34,35). The Morgan fingerprint density at radius 3 is 2.59 bits per heavy atom. The van der Waals surface area contributed by atoms with Crippen LogP contribution in [0.25, 0.3) is 40.8 Å². The lowest BCUT2D eigenvalue weighted by Crippen LogP contribution is -2.12. The summed E-state index contributed by atoms with van der Waals surface area (Å²) >= 11 is 6.46. The highest BCUT2D eigenvalue weighted by Gasteiger charge is 2.18. The van der Waals surface area contributed by atoms with Crippen LogP contribution in [0.3, 0.4) is 0 Å². The topological polar surface area (TPSA) is 179 Å². The first-order chi connectivity index (χ1) is 17.8. The summed E-state index contributed by atoms with van der Waals surface area (Å²) in [5, 5.41) is 31.1. The van der Waals surface area contributed by atoms with E-state index in [0.717, 1.165) is 6.20 Å². The van der Waals surface area contributed by atoms with E-state index in [1.54, 1.807) is 47.1 Å². The van der Waals surface area contributed by atoms with Crippen LogP contribution in [0.5, 0.6) is 0 Å². The number of para-hydroxylation sites is 1. The summed E-state index contributed by atoms with van der Waals surface area (Å²) in [5.74, 6) is 1.05. The van der Waals surface area contributed by atoms with Gasteiger partial charge < -0.3 is 4.42 Å². The van der Waals surface area contributed by atoms with Crippen molar-refractivity contribution >= 4 is 33.8 Å². The molecule has 5 rings (SSSR count). The molecule has 182 valence electrons. The van der Waals surface area contributed by atoms with Crippen molar-refractivity contribution in [1.82, 2.24) is 34.9 Å². The highest BCUT2D eigenvalue weighted by atomic mass is 35.5. The average molecular weight is 532 g/mol. The molecule has 5 aromatic rings. The molecule has 0 unspecified atom stereocenters. The molecule has 0 amide bonds. The second-order valence-electron chi connectivity index (χ2n) is 7.41. The third-order valence-corrected chi connectivity index (χ3v) is 6.23. The van der Waals surface area contributed by atoms with Crippen molar-refractivity contribution in [2.45, 2.75) is 4.90 Å². The van der Waals surface area contributed by atoms with Crippen molar-refractivity contribution < 1.29 is 12.8 Å². The number of hydrogen-bond acceptors (Lipinski definition) is 10. The van der Waals surface area contributed by atoms with Gasteiger partial charge in [-0.05, 0) is 42.5 Å². The maximum absolute atomic E-state index is 11.6. The molecule has 14 heteroatoms. The molecule has 4 aromatic heterocycles. The summed E-state index contributed by atoms with van der Waals surface area (Å²) in [6, 6.07) is 15.0.